The fourth-order valence-electron chi connectivity index (χ4n) is 2.16. The number of carbonyl (C=O) groups is 1. The minimum absolute atomic E-state index is 0.259. The lowest BCUT2D eigenvalue weighted by atomic mass is 10.1. The van der Waals surface area contributed by atoms with Gasteiger partial charge in [0.2, 0.25) is 0 Å². The molecule has 1 aromatic heterocycles. The van der Waals surface area contributed by atoms with Crippen molar-refractivity contribution < 1.29 is 4.79 Å². The van der Waals surface area contributed by atoms with Gasteiger partial charge in [-0.1, -0.05) is 6.07 Å². The Morgan fingerprint density at radius 3 is 2.54 bits per heavy atom. The Balaban J connectivity index is 1.89. The summed E-state index contributed by atoms with van der Waals surface area (Å²) >= 11 is 0. The van der Waals surface area contributed by atoms with E-state index in [1.807, 2.05) is 46.1 Å². The molecule has 0 bridgehead atoms. The number of nitrogens with one attached hydrogen (secondary N) is 2. The molecule has 0 radical (unpaired) electrons. The summed E-state index contributed by atoms with van der Waals surface area (Å²) in [5, 5.41) is 6.04. The number of rotatable bonds is 7. The van der Waals surface area contributed by atoms with E-state index in [0.717, 1.165) is 30.8 Å². The Bertz CT molecular complexity index is 682. The summed E-state index contributed by atoms with van der Waals surface area (Å²) in [6.45, 7) is 5.89. The molecule has 24 heavy (non-hydrogen) atoms. The predicted octanol–water partition coefficient (Wildman–Crippen LogP) is 2.71. The van der Waals surface area contributed by atoms with Crippen molar-refractivity contribution in [2.45, 2.75) is 20.3 Å². The maximum absolute atomic E-state index is 12.2. The summed E-state index contributed by atoms with van der Waals surface area (Å²) in [7, 11) is 4.09. The summed E-state index contributed by atoms with van der Waals surface area (Å²) in [6, 6.07) is 5.81. The van der Waals surface area contributed by atoms with Gasteiger partial charge in [0.25, 0.3) is 5.91 Å². The number of hydrogen-bond acceptors (Lipinski definition) is 5. The van der Waals surface area contributed by atoms with Crippen molar-refractivity contribution in [2.75, 3.05) is 37.8 Å². The molecule has 1 heterocycles. The summed E-state index contributed by atoms with van der Waals surface area (Å²) in [6.07, 6.45) is 4.10. The molecule has 0 unspecified atom stereocenters. The van der Waals surface area contributed by atoms with Crippen LogP contribution in [0.1, 0.15) is 28.0 Å². The summed E-state index contributed by atoms with van der Waals surface area (Å²) in [5.74, 6) is 0.418. The summed E-state index contributed by atoms with van der Waals surface area (Å²) < 4.78 is 0. The van der Waals surface area contributed by atoms with Crippen molar-refractivity contribution >= 4 is 17.4 Å². The van der Waals surface area contributed by atoms with Crippen LogP contribution in [-0.2, 0) is 0 Å². The third-order valence-electron chi connectivity index (χ3n) is 3.74. The Hall–Kier alpha value is -2.47. The van der Waals surface area contributed by atoms with Crippen molar-refractivity contribution in [3.8, 4) is 0 Å². The lowest BCUT2D eigenvalue weighted by molar-refractivity contribution is 0.102. The topological polar surface area (TPSA) is 70.2 Å². The first-order valence-corrected chi connectivity index (χ1v) is 8.05. The van der Waals surface area contributed by atoms with E-state index >= 15 is 0 Å². The molecule has 0 atom stereocenters. The highest BCUT2D eigenvalue weighted by atomic mass is 16.1. The Labute approximate surface area is 143 Å². The van der Waals surface area contributed by atoms with Crippen LogP contribution in [0.4, 0.5) is 11.5 Å². The second-order valence-corrected chi connectivity index (χ2v) is 6.12. The Kier molecular flexibility index (Phi) is 6.26. The molecular weight excluding hydrogens is 302 g/mol. The Morgan fingerprint density at radius 2 is 1.92 bits per heavy atom. The first kappa shape index (κ1) is 17.9. The van der Waals surface area contributed by atoms with Crippen LogP contribution in [0.15, 0.2) is 30.6 Å². The molecule has 0 saturated heterocycles. The van der Waals surface area contributed by atoms with Crippen LogP contribution in [0.25, 0.3) is 0 Å². The van der Waals surface area contributed by atoms with Gasteiger partial charge in [-0.05, 0) is 64.2 Å². The smallest absolute Gasteiger partial charge is 0.275 e. The molecule has 2 rings (SSSR count). The van der Waals surface area contributed by atoms with Crippen LogP contribution >= 0.6 is 0 Å². The van der Waals surface area contributed by atoms with Gasteiger partial charge < -0.3 is 15.5 Å². The maximum Gasteiger partial charge on any atom is 0.275 e. The first-order valence-electron chi connectivity index (χ1n) is 8.05. The average Bonchev–Trinajstić information content (AvgIpc) is 2.55. The number of amides is 1. The number of aromatic nitrogens is 2. The molecule has 1 amide bonds. The predicted molar refractivity (Wildman–Crippen MR) is 97.6 cm³/mol. The van der Waals surface area contributed by atoms with Crippen molar-refractivity contribution in [1.29, 1.82) is 0 Å². The standard InChI is InChI=1S/C18H25N5O/c1-13-6-7-15(10-14(13)2)22-18(24)16-11-21-17(12-20-16)19-8-5-9-23(3)4/h6-7,10-12H,5,8-9H2,1-4H3,(H,19,21)(H,22,24). The van der Waals surface area contributed by atoms with Gasteiger partial charge >= 0.3 is 0 Å². The average molecular weight is 327 g/mol. The van der Waals surface area contributed by atoms with Gasteiger partial charge in [-0.15, -0.1) is 0 Å². The molecule has 0 spiro atoms. The molecule has 0 aliphatic rings. The highest BCUT2D eigenvalue weighted by molar-refractivity contribution is 6.02. The van der Waals surface area contributed by atoms with E-state index < -0.39 is 0 Å². The second-order valence-electron chi connectivity index (χ2n) is 6.12. The summed E-state index contributed by atoms with van der Waals surface area (Å²) in [4.78, 5) is 22.8. The van der Waals surface area contributed by atoms with Crippen LogP contribution in [-0.4, -0.2) is 48.0 Å². The quantitative estimate of drug-likeness (QED) is 0.765. The van der Waals surface area contributed by atoms with Gasteiger partial charge in [-0.2, -0.15) is 0 Å². The van der Waals surface area contributed by atoms with Crippen molar-refractivity contribution in [3.63, 3.8) is 0 Å². The first-order chi connectivity index (χ1) is 11.5. The van der Waals surface area contributed by atoms with E-state index in [9.17, 15) is 4.79 Å². The molecule has 6 nitrogen and oxygen atoms in total. The van der Waals surface area contributed by atoms with Crippen molar-refractivity contribution in [3.05, 3.63) is 47.4 Å². The van der Waals surface area contributed by atoms with Crippen molar-refractivity contribution in [1.82, 2.24) is 14.9 Å². The van der Waals surface area contributed by atoms with Crippen LogP contribution in [0.5, 0.6) is 0 Å². The van der Waals surface area contributed by atoms with E-state index in [-0.39, 0.29) is 5.91 Å². The van der Waals surface area contributed by atoms with Crippen LogP contribution in [0.3, 0.4) is 0 Å². The number of carbonyl (C=O) groups excluding carboxylic acids is 1. The minimum atomic E-state index is -0.259. The molecule has 128 valence electrons. The van der Waals surface area contributed by atoms with Gasteiger partial charge in [0.1, 0.15) is 11.5 Å². The van der Waals surface area contributed by atoms with E-state index in [4.69, 9.17) is 0 Å². The molecular formula is C18H25N5O. The third kappa shape index (κ3) is 5.31. The van der Waals surface area contributed by atoms with Crippen LogP contribution in [0.2, 0.25) is 0 Å². The number of nitrogens with zero attached hydrogens (tertiary/aromatic N) is 3. The van der Waals surface area contributed by atoms with E-state index in [2.05, 4.69) is 25.5 Å². The Morgan fingerprint density at radius 1 is 1.12 bits per heavy atom. The van der Waals surface area contributed by atoms with Gasteiger partial charge in [-0.3, -0.25) is 4.79 Å². The fraction of sp³-hybridized carbons (Fsp3) is 0.389. The molecule has 0 fully saturated rings. The number of hydrogen-bond donors (Lipinski definition) is 2. The number of aryl methyl sites for hydroxylation is 2. The van der Waals surface area contributed by atoms with E-state index in [0.29, 0.717) is 11.5 Å². The highest BCUT2D eigenvalue weighted by Gasteiger charge is 2.09. The highest BCUT2D eigenvalue weighted by Crippen LogP contribution is 2.15. The second kappa shape index (κ2) is 8.40. The normalized spacial score (nSPS) is 10.7. The van der Waals surface area contributed by atoms with Gasteiger partial charge in [0, 0.05) is 12.2 Å². The lowest BCUT2D eigenvalue weighted by Gasteiger charge is -2.10. The van der Waals surface area contributed by atoms with Gasteiger partial charge in [-0.25, -0.2) is 9.97 Å². The van der Waals surface area contributed by atoms with Crippen LogP contribution < -0.4 is 10.6 Å². The summed E-state index contributed by atoms with van der Waals surface area (Å²) in [5.41, 5.74) is 3.39. The fourth-order valence-corrected chi connectivity index (χ4v) is 2.16. The molecule has 0 aliphatic heterocycles. The van der Waals surface area contributed by atoms with E-state index in [1.54, 1.807) is 6.20 Å². The number of benzene rings is 1. The molecule has 2 N–H and O–H groups in total. The zero-order chi connectivity index (χ0) is 17.5. The lowest BCUT2D eigenvalue weighted by Crippen LogP contribution is -2.17. The third-order valence-corrected chi connectivity index (χ3v) is 3.74. The molecule has 0 aliphatic carbocycles. The SMILES string of the molecule is Cc1ccc(NC(=O)c2cnc(NCCCN(C)C)cn2)cc1C. The van der Waals surface area contributed by atoms with Crippen LogP contribution in [0, 0.1) is 13.8 Å². The van der Waals surface area contributed by atoms with E-state index in [1.165, 1.54) is 11.8 Å². The molecule has 0 saturated carbocycles. The monoisotopic (exact) mass is 327 g/mol. The minimum Gasteiger partial charge on any atom is -0.369 e. The molecule has 2 aromatic rings. The van der Waals surface area contributed by atoms with Gasteiger partial charge in [0.05, 0.1) is 12.4 Å². The zero-order valence-electron chi connectivity index (χ0n) is 14.8. The number of anilines is 2. The van der Waals surface area contributed by atoms with Crippen molar-refractivity contribution in [2.24, 2.45) is 0 Å². The zero-order valence-corrected chi connectivity index (χ0v) is 14.8. The maximum atomic E-state index is 12.2. The molecule has 1 aromatic carbocycles. The largest absolute Gasteiger partial charge is 0.369 e. The van der Waals surface area contributed by atoms with Gasteiger partial charge in [0.15, 0.2) is 0 Å². The molecule has 6 heteroatoms.